The van der Waals surface area contributed by atoms with Gasteiger partial charge in [-0.1, -0.05) is 23.9 Å². The number of methoxy groups -OCH3 is 1. The third-order valence-electron chi connectivity index (χ3n) is 2.72. The monoisotopic (exact) mass is 276 g/mol. The summed E-state index contributed by atoms with van der Waals surface area (Å²) in [6, 6.07) is 7.94. The van der Waals surface area contributed by atoms with Crippen LogP contribution in [0.5, 0.6) is 5.75 Å². The third kappa shape index (κ3) is 3.38. The van der Waals surface area contributed by atoms with Crippen molar-refractivity contribution < 1.29 is 9.53 Å². The molecule has 19 heavy (non-hydrogen) atoms. The van der Waals surface area contributed by atoms with E-state index >= 15 is 0 Å². The molecule has 0 atom stereocenters. The highest BCUT2D eigenvalue weighted by molar-refractivity contribution is 7.98. The zero-order valence-corrected chi connectivity index (χ0v) is 12.0. The third-order valence-corrected chi connectivity index (χ3v) is 3.84. The van der Waals surface area contributed by atoms with E-state index in [0.29, 0.717) is 5.69 Å². The summed E-state index contributed by atoms with van der Waals surface area (Å²) in [4.78, 5) is 15.6. The molecule has 5 heteroatoms. The van der Waals surface area contributed by atoms with Gasteiger partial charge in [0.05, 0.1) is 7.11 Å². The van der Waals surface area contributed by atoms with Gasteiger partial charge in [0, 0.05) is 25.9 Å². The van der Waals surface area contributed by atoms with E-state index in [1.54, 1.807) is 25.1 Å². The van der Waals surface area contributed by atoms with Crippen molar-refractivity contribution in [3.63, 3.8) is 0 Å². The van der Waals surface area contributed by atoms with E-state index < -0.39 is 0 Å². The summed E-state index contributed by atoms with van der Waals surface area (Å²) in [5.74, 6) is 1.66. The average molecular weight is 276 g/mol. The number of rotatable bonds is 5. The first-order valence-corrected chi connectivity index (χ1v) is 6.88. The van der Waals surface area contributed by atoms with Crippen molar-refractivity contribution in [3.8, 4) is 5.75 Å². The Morgan fingerprint density at radius 1 is 1.37 bits per heavy atom. The molecule has 2 rings (SSSR count). The van der Waals surface area contributed by atoms with Gasteiger partial charge in [-0.05, 0) is 17.7 Å². The number of carbonyl (C=O) groups excluding carboxylic acids is 1. The molecule has 2 aromatic rings. The van der Waals surface area contributed by atoms with E-state index in [1.165, 1.54) is 12.5 Å². The van der Waals surface area contributed by atoms with Gasteiger partial charge in [-0.2, -0.15) is 0 Å². The summed E-state index contributed by atoms with van der Waals surface area (Å²) in [5.41, 5.74) is 1.71. The number of nitrogens with zero attached hydrogens (tertiary/aromatic N) is 2. The Bertz CT molecular complexity index is 576. The molecule has 0 radical (unpaired) electrons. The molecule has 0 bridgehead atoms. The molecule has 0 saturated carbocycles. The molecule has 0 N–H and O–H groups in total. The molecule has 0 aliphatic carbocycles. The zero-order valence-electron chi connectivity index (χ0n) is 11.2. The van der Waals surface area contributed by atoms with Gasteiger partial charge < -0.3 is 9.30 Å². The maximum atomic E-state index is 11.3. The van der Waals surface area contributed by atoms with Gasteiger partial charge in [-0.25, -0.2) is 4.98 Å². The number of aromatic nitrogens is 2. The minimum absolute atomic E-state index is 0.00750. The molecular formula is C14H16N2O2S. The van der Waals surface area contributed by atoms with Gasteiger partial charge in [0.15, 0.2) is 10.9 Å². The SMILES string of the molecule is COc1ccc(CSc2nc(C(C)=O)cn2C)cc1. The number of Topliss-reactive ketones (excluding diaryl/α,β-unsaturated/α-hetero) is 1. The van der Waals surface area contributed by atoms with E-state index in [4.69, 9.17) is 4.74 Å². The Balaban J connectivity index is 2.03. The van der Waals surface area contributed by atoms with Gasteiger partial charge in [-0.15, -0.1) is 0 Å². The first kappa shape index (κ1) is 13.7. The Morgan fingerprint density at radius 2 is 2.05 bits per heavy atom. The quantitative estimate of drug-likeness (QED) is 0.622. The van der Waals surface area contributed by atoms with Crippen molar-refractivity contribution in [2.75, 3.05) is 7.11 Å². The van der Waals surface area contributed by atoms with Gasteiger partial charge in [-0.3, -0.25) is 4.79 Å². The normalized spacial score (nSPS) is 10.5. The summed E-state index contributed by atoms with van der Waals surface area (Å²) in [7, 11) is 3.55. The highest BCUT2D eigenvalue weighted by atomic mass is 32.2. The van der Waals surface area contributed by atoms with Crippen molar-refractivity contribution in [3.05, 3.63) is 41.7 Å². The number of imidazole rings is 1. The van der Waals surface area contributed by atoms with Crippen LogP contribution in [-0.4, -0.2) is 22.4 Å². The summed E-state index contributed by atoms with van der Waals surface area (Å²) in [5, 5.41) is 0.848. The number of thioether (sulfide) groups is 1. The lowest BCUT2D eigenvalue weighted by molar-refractivity contribution is 0.101. The van der Waals surface area contributed by atoms with Crippen LogP contribution in [0.1, 0.15) is 23.0 Å². The zero-order chi connectivity index (χ0) is 13.8. The highest BCUT2D eigenvalue weighted by Crippen LogP contribution is 2.23. The summed E-state index contributed by atoms with van der Waals surface area (Å²) >= 11 is 1.61. The molecule has 1 aromatic carbocycles. The average Bonchev–Trinajstić information content (AvgIpc) is 2.79. The molecule has 0 spiro atoms. The van der Waals surface area contributed by atoms with E-state index in [1.807, 2.05) is 35.9 Å². The Kier molecular flexibility index (Phi) is 4.27. The van der Waals surface area contributed by atoms with Crippen molar-refractivity contribution in [2.24, 2.45) is 7.05 Å². The predicted molar refractivity (Wildman–Crippen MR) is 75.8 cm³/mol. The predicted octanol–water partition coefficient (Wildman–Crippen LogP) is 2.92. The van der Waals surface area contributed by atoms with Crippen molar-refractivity contribution in [2.45, 2.75) is 17.8 Å². The van der Waals surface area contributed by atoms with Crippen LogP contribution >= 0.6 is 11.8 Å². The fraction of sp³-hybridized carbons (Fsp3) is 0.286. The van der Waals surface area contributed by atoms with Crippen LogP contribution in [0.15, 0.2) is 35.6 Å². The molecule has 100 valence electrons. The fourth-order valence-corrected chi connectivity index (χ4v) is 2.53. The topological polar surface area (TPSA) is 44.1 Å². The Hall–Kier alpha value is -1.75. The number of aryl methyl sites for hydroxylation is 1. The van der Waals surface area contributed by atoms with Crippen LogP contribution < -0.4 is 4.74 Å². The number of ether oxygens (including phenoxy) is 1. The smallest absolute Gasteiger partial charge is 0.179 e. The molecule has 1 heterocycles. The molecular weight excluding hydrogens is 260 g/mol. The minimum atomic E-state index is -0.00750. The number of hydrogen-bond donors (Lipinski definition) is 0. The summed E-state index contributed by atoms with van der Waals surface area (Å²) in [6.07, 6.45) is 1.76. The standard InChI is InChI=1S/C14H16N2O2S/c1-10(17)13-8-16(2)14(15-13)19-9-11-4-6-12(18-3)7-5-11/h4-8H,9H2,1-3H3. The van der Waals surface area contributed by atoms with Crippen LogP contribution in [0.3, 0.4) is 0 Å². The summed E-state index contributed by atoms with van der Waals surface area (Å²) in [6.45, 7) is 1.53. The first-order chi connectivity index (χ1) is 9.10. The second kappa shape index (κ2) is 5.93. The van der Waals surface area contributed by atoms with Gasteiger partial charge in [0.2, 0.25) is 0 Å². The van der Waals surface area contributed by atoms with Crippen molar-refractivity contribution in [1.82, 2.24) is 9.55 Å². The number of ketones is 1. The second-order valence-electron chi connectivity index (χ2n) is 4.21. The van der Waals surface area contributed by atoms with Gasteiger partial charge in [0.1, 0.15) is 11.4 Å². The van der Waals surface area contributed by atoms with E-state index in [9.17, 15) is 4.79 Å². The highest BCUT2D eigenvalue weighted by Gasteiger charge is 2.09. The first-order valence-electron chi connectivity index (χ1n) is 5.90. The Morgan fingerprint density at radius 3 is 2.58 bits per heavy atom. The molecule has 0 aliphatic rings. The Labute approximate surface area is 116 Å². The van der Waals surface area contributed by atoms with Crippen LogP contribution in [0.25, 0.3) is 0 Å². The minimum Gasteiger partial charge on any atom is -0.497 e. The lowest BCUT2D eigenvalue weighted by atomic mass is 10.2. The molecule has 1 aromatic heterocycles. The lowest BCUT2D eigenvalue weighted by Gasteiger charge is -2.03. The van der Waals surface area contributed by atoms with E-state index in [-0.39, 0.29) is 5.78 Å². The fourth-order valence-electron chi connectivity index (χ4n) is 1.62. The molecule has 0 fully saturated rings. The number of carbonyl (C=O) groups is 1. The second-order valence-corrected chi connectivity index (χ2v) is 5.16. The largest absolute Gasteiger partial charge is 0.497 e. The van der Waals surface area contributed by atoms with Gasteiger partial charge in [0.25, 0.3) is 0 Å². The molecule has 0 amide bonds. The van der Waals surface area contributed by atoms with Gasteiger partial charge >= 0.3 is 0 Å². The number of benzene rings is 1. The van der Waals surface area contributed by atoms with Crippen molar-refractivity contribution >= 4 is 17.5 Å². The number of hydrogen-bond acceptors (Lipinski definition) is 4. The van der Waals surface area contributed by atoms with E-state index in [0.717, 1.165) is 16.7 Å². The maximum absolute atomic E-state index is 11.3. The van der Waals surface area contributed by atoms with Crippen molar-refractivity contribution in [1.29, 1.82) is 0 Å². The van der Waals surface area contributed by atoms with Crippen LogP contribution in [-0.2, 0) is 12.8 Å². The molecule has 0 saturated heterocycles. The van der Waals surface area contributed by atoms with E-state index in [2.05, 4.69) is 4.98 Å². The van der Waals surface area contributed by atoms with Crippen LogP contribution in [0.2, 0.25) is 0 Å². The van der Waals surface area contributed by atoms with Crippen LogP contribution in [0, 0.1) is 0 Å². The molecule has 0 unspecified atom stereocenters. The maximum Gasteiger partial charge on any atom is 0.179 e. The van der Waals surface area contributed by atoms with Crippen LogP contribution in [0.4, 0.5) is 0 Å². The molecule has 0 aliphatic heterocycles. The summed E-state index contributed by atoms with van der Waals surface area (Å²) < 4.78 is 7.00. The molecule has 4 nitrogen and oxygen atoms in total. The lowest BCUT2D eigenvalue weighted by Crippen LogP contribution is -1.91.